The normalized spacial score (nSPS) is 9.16. The van der Waals surface area contributed by atoms with Gasteiger partial charge in [-0.05, 0) is 0 Å². The van der Waals surface area contributed by atoms with Crippen LogP contribution in [0, 0.1) is 27.7 Å². The summed E-state index contributed by atoms with van der Waals surface area (Å²) >= 11 is 0. The first-order valence-electron chi connectivity index (χ1n) is 8.27. The van der Waals surface area contributed by atoms with E-state index >= 15 is 0 Å². The van der Waals surface area contributed by atoms with Crippen LogP contribution in [0.25, 0.3) is 0 Å². The van der Waals surface area contributed by atoms with Crippen LogP contribution < -0.4 is 24.8 Å². The quantitative estimate of drug-likeness (QED) is 0.408. The molecule has 0 aliphatic rings. The summed E-state index contributed by atoms with van der Waals surface area (Å²) in [7, 11) is -0.112. The third-order valence-electron chi connectivity index (χ3n) is 3.64. The Balaban J connectivity index is -0.000000139. The fourth-order valence-electron chi connectivity index (χ4n) is 2.28. The van der Waals surface area contributed by atoms with Crippen LogP contribution in [-0.2, 0) is 32.2 Å². The first-order valence-corrected chi connectivity index (χ1v) is 14.3. The second-order valence-corrected chi connectivity index (χ2v) is 14.0. The molecule has 0 heterocycles. The topological polar surface area (TPSA) is 0 Å². The number of hydrogen-bond acceptors (Lipinski definition) is 0. The molecule has 0 atom stereocenters. The van der Waals surface area contributed by atoms with Crippen molar-refractivity contribution in [3.63, 3.8) is 0 Å². The summed E-state index contributed by atoms with van der Waals surface area (Å²) in [6.07, 6.45) is 0. The van der Waals surface area contributed by atoms with Gasteiger partial charge in [0, 0.05) is 17.6 Å². The molecule has 0 amide bonds. The summed E-state index contributed by atoms with van der Waals surface area (Å²) in [5, 5.41) is 0. The van der Waals surface area contributed by atoms with Crippen LogP contribution in [0.15, 0.2) is 30.3 Å². The van der Waals surface area contributed by atoms with Gasteiger partial charge in [-0.25, -0.2) is 12.1 Å². The summed E-state index contributed by atoms with van der Waals surface area (Å²) in [6.45, 7) is 20.3. The van der Waals surface area contributed by atoms with Gasteiger partial charge in [0.25, 0.3) is 0 Å². The van der Waals surface area contributed by atoms with Gasteiger partial charge in [-0.3, -0.25) is 0 Å². The Kier molecular flexibility index (Phi) is 22.2. The molecule has 2 aromatic carbocycles. The molecule has 25 heavy (non-hydrogen) atoms. The molecule has 0 saturated carbocycles. The first kappa shape index (κ1) is 33.2. The molecule has 141 valence electrons. The summed E-state index contributed by atoms with van der Waals surface area (Å²) in [6, 6.07) is 12.2. The van der Waals surface area contributed by atoms with E-state index in [4.69, 9.17) is 0 Å². The standard InChI is InChI=1S/C9H15Si.C9H13.C2H7Si.2ClH.Zr/c1-10(2,3)8-9-6-4-5-7-9;1-6-5-7(2)9(4)8(6)3;1-3-2;;;/h4-7H,8H2,1-3H3;5H,1-4H3;3H,1-2H3;2*1H;/q2*-1;;;;+4/p-2. The van der Waals surface area contributed by atoms with Gasteiger partial charge in [0.2, 0.25) is 0 Å². The molecule has 2 aromatic rings. The Hall–Kier alpha value is 0.597. The summed E-state index contributed by atoms with van der Waals surface area (Å²) in [4.78, 5) is 0. The van der Waals surface area contributed by atoms with Gasteiger partial charge >= 0.3 is 26.2 Å². The van der Waals surface area contributed by atoms with Crippen LogP contribution in [0.5, 0.6) is 0 Å². The fraction of sp³-hybridized carbons (Fsp3) is 0.500. The van der Waals surface area contributed by atoms with Crippen molar-refractivity contribution >= 4 is 17.6 Å². The summed E-state index contributed by atoms with van der Waals surface area (Å²) < 4.78 is 0. The molecule has 0 bridgehead atoms. The number of rotatable bonds is 2. The van der Waals surface area contributed by atoms with Crippen molar-refractivity contribution < 1.29 is 51.0 Å². The number of hydrogen-bond donors (Lipinski definition) is 0. The molecule has 0 aliphatic heterocycles. The van der Waals surface area contributed by atoms with Crippen LogP contribution in [0.4, 0.5) is 0 Å². The maximum Gasteiger partial charge on any atom is 4.00 e. The second-order valence-electron chi connectivity index (χ2n) is 7.37. The summed E-state index contributed by atoms with van der Waals surface area (Å²) in [5.74, 6) is 0. The van der Waals surface area contributed by atoms with Crippen molar-refractivity contribution in [1.82, 2.24) is 0 Å². The molecule has 0 N–H and O–H groups in total. The zero-order valence-electron chi connectivity index (χ0n) is 17.4. The van der Waals surface area contributed by atoms with Gasteiger partial charge in [0.15, 0.2) is 0 Å². The molecular weight excluding hydrogens is 459 g/mol. The van der Waals surface area contributed by atoms with Crippen molar-refractivity contribution in [2.75, 3.05) is 0 Å². The van der Waals surface area contributed by atoms with E-state index in [2.05, 4.69) is 90.8 Å². The second kappa shape index (κ2) is 16.7. The molecule has 2 rings (SSSR count). The van der Waals surface area contributed by atoms with E-state index in [9.17, 15) is 0 Å². The maximum atomic E-state index is 2.40. The van der Waals surface area contributed by atoms with Crippen LogP contribution >= 0.6 is 0 Å². The van der Waals surface area contributed by atoms with E-state index in [1.54, 1.807) is 0 Å². The van der Waals surface area contributed by atoms with Gasteiger partial charge in [0.1, 0.15) is 0 Å². The molecule has 0 aliphatic carbocycles. The largest absolute Gasteiger partial charge is 4.00 e. The van der Waals surface area contributed by atoms with Crippen LogP contribution in [0.3, 0.4) is 0 Å². The summed E-state index contributed by atoms with van der Waals surface area (Å²) in [5.41, 5.74) is 7.26. The third-order valence-corrected chi connectivity index (χ3v) is 5.11. The van der Waals surface area contributed by atoms with Crippen LogP contribution in [0.2, 0.25) is 32.7 Å². The van der Waals surface area contributed by atoms with E-state index in [1.807, 2.05) is 0 Å². The molecular formula is C20H35Cl2Si2Zr. The maximum absolute atomic E-state index is 2.40. The van der Waals surface area contributed by atoms with E-state index < -0.39 is 8.07 Å². The zero-order valence-corrected chi connectivity index (χ0v) is 23.6. The van der Waals surface area contributed by atoms with E-state index in [0.29, 0.717) is 0 Å². The van der Waals surface area contributed by atoms with Crippen molar-refractivity contribution in [2.24, 2.45) is 0 Å². The Morgan fingerprint density at radius 2 is 1.36 bits per heavy atom. The SMILES string of the molecule is C[SiH]C.C[Si](C)(C)C[c-]1cccc1.Cc1c[c-](C)c(C)c1C.[Cl-].[Cl-].[Zr+4]. The first-order chi connectivity index (χ1) is 10.1. The Bertz CT molecular complexity index is 504. The van der Waals surface area contributed by atoms with Crippen molar-refractivity contribution in [1.29, 1.82) is 0 Å². The number of aryl methyl sites for hydroxylation is 2. The van der Waals surface area contributed by atoms with Crippen molar-refractivity contribution in [3.05, 3.63) is 58.1 Å². The van der Waals surface area contributed by atoms with Crippen molar-refractivity contribution in [3.8, 4) is 0 Å². The van der Waals surface area contributed by atoms with Gasteiger partial charge in [-0.2, -0.15) is 46.0 Å². The molecule has 1 radical (unpaired) electrons. The Morgan fingerprint density at radius 1 is 0.960 bits per heavy atom. The van der Waals surface area contributed by atoms with Gasteiger partial charge in [-0.1, -0.05) is 66.5 Å². The minimum Gasteiger partial charge on any atom is -1.00 e. The van der Waals surface area contributed by atoms with Crippen LogP contribution in [-0.4, -0.2) is 17.6 Å². The third kappa shape index (κ3) is 15.4. The minimum absolute atomic E-state index is 0. The average Bonchev–Trinajstić information content (AvgIpc) is 2.95. The van der Waals surface area contributed by atoms with E-state index in [-0.39, 0.29) is 51.0 Å². The minimum atomic E-state index is -0.862. The fourth-order valence-corrected chi connectivity index (χ4v) is 3.74. The Labute approximate surface area is 192 Å². The van der Waals surface area contributed by atoms with E-state index in [0.717, 1.165) is 9.52 Å². The molecule has 0 fully saturated rings. The zero-order chi connectivity index (χ0) is 17.3. The molecule has 0 aromatic heterocycles. The monoisotopic (exact) mass is 491 g/mol. The van der Waals surface area contributed by atoms with Gasteiger partial charge < -0.3 is 24.8 Å². The van der Waals surface area contributed by atoms with Gasteiger partial charge in [0.05, 0.1) is 0 Å². The average molecular weight is 494 g/mol. The van der Waals surface area contributed by atoms with Crippen molar-refractivity contribution in [2.45, 2.75) is 66.5 Å². The Morgan fingerprint density at radius 3 is 1.56 bits per heavy atom. The predicted molar refractivity (Wildman–Crippen MR) is 109 cm³/mol. The van der Waals surface area contributed by atoms with Crippen LogP contribution in [0.1, 0.15) is 27.8 Å². The van der Waals surface area contributed by atoms with Gasteiger partial charge in [-0.15, -0.1) is 0 Å². The predicted octanol–water partition coefficient (Wildman–Crippen LogP) is -0.0108. The molecule has 5 heteroatoms. The molecule has 0 saturated heterocycles. The molecule has 0 unspecified atom stereocenters. The smallest absolute Gasteiger partial charge is 1.00 e. The van der Waals surface area contributed by atoms with E-state index in [1.165, 1.54) is 33.9 Å². The molecule has 0 nitrogen and oxygen atoms in total. The number of halogens is 2. The molecule has 0 spiro atoms.